The molecule has 3 atom stereocenters. The second-order valence-corrected chi connectivity index (χ2v) is 19.2. The van der Waals surface area contributed by atoms with E-state index >= 15 is 0 Å². The molecule has 0 heterocycles. The molecule has 61 heavy (non-hydrogen) atoms. The van der Waals surface area contributed by atoms with Crippen LogP contribution in [0, 0.1) is 0 Å². The summed E-state index contributed by atoms with van der Waals surface area (Å²) in [5, 5.41) is 33.4. The second kappa shape index (κ2) is 51.5. The lowest BCUT2D eigenvalue weighted by molar-refractivity contribution is -0.124. The number of aliphatic hydroxyl groups is 3. The van der Waals surface area contributed by atoms with Crippen LogP contribution in [-0.4, -0.2) is 46.1 Å². The molecule has 0 fully saturated rings. The standard InChI is InChI=1S/C56H109NO4/c1-3-5-7-9-11-13-15-17-19-21-23-25-26-27-28-30-32-34-36-38-40-42-44-46-48-50-55(60)54(52-58)57-56(61)51-53(59)49-47-45-43-41-39-37-35-33-31-29-24-22-20-18-16-14-12-10-8-6-4-2/h33,35,48,50,53-55,58-60H,3-32,34,36-47,49,51-52H2,1-2H3,(H,57,61)/b35-33-,50-48+. The number of rotatable bonds is 51. The molecule has 4 N–H and O–H groups in total. The Bertz CT molecular complexity index is 905. The van der Waals surface area contributed by atoms with E-state index in [-0.39, 0.29) is 18.9 Å². The summed E-state index contributed by atoms with van der Waals surface area (Å²) in [6.45, 7) is 4.25. The van der Waals surface area contributed by atoms with E-state index in [1.807, 2.05) is 6.08 Å². The Morgan fingerprint density at radius 1 is 0.410 bits per heavy atom. The van der Waals surface area contributed by atoms with Gasteiger partial charge >= 0.3 is 0 Å². The van der Waals surface area contributed by atoms with E-state index in [2.05, 4.69) is 31.3 Å². The SMILES string of the molecule is CCCCCCCCCCCCCC/C=C\CCCCCCCC(O)CC(=O)NC(CO)C(O)/C=C/CCCCCCCCCCCCCCCCCCCCCCCCC. The van der Waals surface area contributed by atoms with Crippen LogP contribution in [-0.2, 0) is 4.79 Å². The molecule has 0 aromatic heterocycles. The van der Waals surface area contributed by atoms with Crippen LogP contribution in [0.25, 0.3) is 0 Å². The minimum absolute atomic E-state index is 0.0103. The van der Waals surface area contributed by atoms with Crippen molar-refractivity contribution in [3.8, 4) is 0 Å². The van der Waals surface area contributed by atoms with Crippen molar-refractivity contribution in [1.82, 2.24) is 5.32 Å². The molecule has 0 bridgehead atoms. The van der Waals surface area contributed by atoms with Crippen molar-refractivity contribution in [2.24, 2.45) is 0 Å². The Morgan fingerprint density at radius 3 is 1.00 bits per heavy atom. The summed E-state index contributed by atoms with van der Waals surface area (Å²) in [5.74, 6) is -0.316. The van der Waals surface area contributed by atoms with E-state index in [4.69, 9.17) is 0 Å². The molecule has 0 aliphatic heterocycles. The van der Waals surface area contributed by atoms with E-state index in [0.29, 0.717) is 6.42 Å². The summed E-state index contributed by atoms with van der Waals surface area (Å²) in [4.78, 5) is 12.5. The van der Waals surface area contributed by atoms with Crippen molar-refractivity contribution in [2.75, 3.05) is 6.61 Å². The number of amides is 1. The molecule has 362 valence electrons. The summed E-state index contributed by atoms with van der Waals surface area (Å²) in [7, 11) is 0. The van der Waals surface area contributed by atoms with Gasteiger partial charge in [-0.3, -0.25) is 4.79 Å². The zero-order valence-electron chi connectivity index (χ0n) is 41.3. The molecule has 0 rings (SSSR count). The number of hydrogen-bond donors (Lipinski definition) is 4. The molecular formula is C56H109NO4. The van der Waals surface area contributed by atoms with Crippen molar-refractivity contribution >= 4 is 5.91 Å². The van der Waals surface area contributed by atoms with Crippen molar-refractivity contribution < 1.29 is 20.1 Å². The highest BCUT2D eigenvalue weighted by atomic mass is 16.3. The Morgan fingerprint density at radius 2 is 0.689 bits per heavy atom. The Balaban J connectivity index is 3.58. The topological polar surface area (TPSA) is 89.8 Å². The monoisotopic (exact) mass is 860 g/mol. The summed E-state index contributed by atoms with van der Waals surface area (Å²) < 4.78 is 0. The average Bonchev–Trinajstić information content (AvgIpc) is 3.25. The minimum Gasteiger partial charge on any atom is -0.394 e. The van der Waals surface area contributed by atoms with Crippen LogP contribution in [0.15, 0.2) is 24.3 Å². The molecule has 3 unspecified atom stereocenters. The summed E-state index contributed by atoms with van der Waals surface area (Å²) in [6.07, 6.45) is 65.0. The van der Waals surface area contributed by atoms with E-state index in [1.165, 1.54) is 238 Å². The Kier molecular flexibility index (Phi) is 50.5. The molecule has 0 aliphatic rings. The first-order chi connectivity index (χ1) is 30.0. The smallest absolute Gasteiger partial charge is 0.222 e. The van der Waals surface area contributed by atoms with Crippen molar-refractivity contribution in [2.45, 2.75) is 321 Å². The van der Waals surface area contributed by atoms with E-state index in [9.17, 15) is 20.1 Å². The fraction of sp³-hybridized carbons (Fsp3) is 0.911. The van der Waals surface area contributed by atoms with Crippen LogP contribution < -0.4 is 5.32 Å². The maximum absolute atomic E-state index is 12.5. The maximum atomic E-state index is 12.5. The number of allylic oxidation sites excluding steroid dienone is 3. The van der Waals surface area contributed by atoms with E-state index < -0.39 is 18.2 Å². The first kappa shape index (κ1) is 59.8. The molecular weight excluding hydrogens is 751 g/mol. The number of aliphatic hydroxyl groups excluding tert-OH is 3. The highest BCUT2D eigenvalue weighted by Gasteiger charge is 2.20. The number of unbranched alkanes of at least 4 members (excludes halogenated alkanes) is 40. The van der Waals surface area contributed by atoms with Crippen LogP contribution in [0.2, 0.25) is 0 Å². The number of carbonyl (C=O) groups excluding carboxylic acids is 1. The van der Waals surface area contributed by atoms with Crippen LogP contribution in [0.3, 0.4) is 0 Å². The quantitative estimate of drug-likeness (QED) is 0.0362. The predicted molar refractivity (Wildman–Crippen MR) is 268 cm³/mol. The van der Waals surface area contributed by atoms with Gasteiger partial charge < -0.3 is 20.6 Å². The molecule has 1 amide bonds. The van der Waals surface area contributed by atoms with Gasteiger partial charge in [0.1, 0.15) is 0 Å². The van der Waals surface area contributed by atoms with Gasteiger partial charge in [-0.2, -0.15) is 0 Å². The number of nitrogens with one attached hydrogen (secondary N) is 1. The fourth-order valence-corrected chi connectivity index (χ4v) is 8.75. The molecule has 0 saturated heterocycles. The number of carbonyl (C=O) groups is 1. The molecule has 0 saturated carbocycles. The molecule has 0 aromatic rings. The predicted octanol–water partition coefficient (Wildman–Crippen LogP) is 16.9. The van der Waals surface area contributed by atoms with Crippen molar-refractivity contribution in [1.29, 1.82) is 0 Å². The Labute approximate surface area is 382 Å². The molecule has 5 nitrogen and oxygen atoms in total. The van der Waals surface area contributed by atoms with Gasteiger partial charge in [0.2, 0.25) is 5.91 Å². The maximum Gasteiger partial charge on any atom is 0.222 e. The van der Waals surface area contributed by atoms with Gasteiger partial charge in [0.05, 0.1) is 31.3 Å². The highest BCUT2D eigenvalue weighted by Crippen LogP contribution is 2.17. The van der Waals surface area contributed by atoms with Gasteiger partial charge in [0.25, 0.3) is 0 Å². The molecule has 5 heteroatoms. The summed E-state index contributed by atoms with van der Waals surface area (Å²) in [6, 6.07) is -0.746. The van der Waals surface area contributed by atoms with Crippen LogP contribution >= 0.6 is 0 Å². The third-order valence-corrected chi connectivity index (χ3v) is 13.0. The fourth-order valence-electron chi connectivity index (χ4n) is 8.75. The van der Waals surface area contributed by atoms with E-state index in [0.717, 1.165) is 38.5 Å². The summed E-state index contributed by atoms with van der Waals surface area (Å²) >= 11 is 0. The largest absolute Gasteiger partial charge is 0.394 e. The normalized spacial score (nSPS) is 13.5. The molecule has 0 aromatic carbocycles. The lowest BCUT2D eigenvalue weighted by atomic mass is 10.0. The first-order valence-corrected chi connectivity index (χ1v) is 27.6. The average molecular weight is 860 g/mol. The highest BCUT2D eigenvalue weighted by molar-refractivity contribution is 5.76. The third kappa shape index (κ3) is 48.1. The lowest BCUT2D eigenvalue weighted by Crippen LogP contribution is -2.45. The van der Waals surface area contributed by atoms with Gasteiger partial charge in [-0.05, 0) is 44.9 Å². The zero-order chi connectivity index (χ0) is 44.4. The second-order valence-electron chi connectivity index (χ2n) is 19.2. The molecule has 0 spiro atoms. The van der Waals surface area contributed by atoms with Crippen LogP contribution in [0.5, 0.6) is 0 Å². The Hall–Kier alpha value is -1.17. The van der Waals surface area contributed by atoms with E-state index in [1.54, 1.807) is 6.08 Å². The third-order valence-electron chi connectivity index (χ3n) is 13.0. The summed E-state index contributed by atoms with van der Waals surface area (Å²) in [5.41, 5.74) is 0. The van der Waals surface area contributed by atoms with Crippen molar-refractivity contribution in [3.05, 3.63) is 24.3 Å². The van der Waals surface area contributed by atoms with Gasteiger partial charge in [-0.1, -0.05) is 276 Å². The van der Waals surface area contributed by atoms with Gasteiger partial charge in [-0.25, -0.2) is 0 Å². The molecule has 0 radical (unpaired) electrons. The molecule has 0 aliphatic carbocycles. The zero-order valence-corrected chi connectivity index (χ0v) is 41.3. The lowest BCUT2D eigenvalue weighted by Gasteiger charge is -2.21. The first-order valence-electron chi connectivity index (χ1n) is 27.6. The van der Waals surface area contributed by atoms with Gasteiger partial charge in [-0.15, -0.1) is 0 Å². The van der Waals surface area contributed by atoms with Gasteiger partial charge in [0.15, 0.2) is 0 Å². The van der Waals surface area contributed by atoms with Gasteiger partial charge in [0, 0.05) is 0 Å². The minimum atomic E-state index is -0.931. The van der Waals surface area contributed by atoms with Crippen LogP contribution in [0.1, 0.15) is 303 Å². The van der Waals surface area contributed by atoms with Crippen LogP contribution in [0.4, 0.5) is 0 Å². The van der Waals surface area contributed by atoms with Crippen molar-refractivity contribution in [3.63, 3.8) is 0 Å². The number of hydrogen-bond acceptors (Lipinski definition) is 4.